The van der Waals surface area contributed by atoms with E-state index in [4.69, 9.17) is 4.74 Å². The molecule has 2 aromatic rings. The van der Waals surface area contributed by atoms with E-state index in [9.17, 15) is 22.8 Å². The molecule has 1 unspecified atom stereocenters. The fourth-order valence-corrected chi connectivity index (χ4v) is 3.58. The Morgan fingerprint density at radius 3 is 2.57 bits per heavy atom. The summed E-state index contributed by atoms with van der Waals surface area (Å²) in [4.78, 5) is 25.0. The Hall–Kier alpha value is -3.23. The molecule has 1 aromatic carbocycles. The first-order valence-electron chi connectivity index (χ1n) is 9.32. The minimum Gasteiger partial charge on any atom is -0.437 e. The molecule has 0 saturated carbocycles. The number of halogens is 3. The minimum absolute atomic E-state index is 0.0761. The Bertz CT molecular complexity index is 1060. The number of alkyl halides is 3. The summed E-state index contributed by atoms with van der Waals surface area (Å²) >= 11 is 0. The van der Waals surface area contributed by atoms with Crippen molar-refractivity contribution in [3.05, 3.63) is 75.0 Å². The molecule has 1 atom stereocenters. The zero-order chi connectivity index (χ0) is 22.1. The van der Waals surface area contributed by atoms with Gasteiger partial charge < -0.3 is 19.4 Å². The van der Waals surface area contributed by atoms with Crippen molar-refractivity contribution in [1.82, 2.24) is 4.57 Å². The van der Waals surface area contributed by atoms with Crippen molar-refractivity contribution in [2.45, 2.75) is 38.9 Å². The van der Waals surface area contributed by atoms with E-state index >= 15 is 0 Å². The van der Waals surface area contributed by atoms with Crippen LogP contribution in [0.25, 0.3) is 0 Å². The van der Waals surface area contributed by atoms with Gasteiger partial charge >= 0.3 is 12.3 Å². The number of methoxy groups -OCH3 is 1. The van der Waals surface area contributed by atoms with E-state index in [2.05, 4.69) is 10.1 Å². The van der Waals surface area contributed by atoms with Gasteiger partial charge in [0.1, 0.15) is 5.76 Å². The van der Waals surface area contributed by atoms with Gasteiger partial charge in [-0.25, -0.2) is 4.79 Å². The Morgan fingerprint density at radius 2 is 1.93 bits per heavy atom. The number of aryl methyl sites for hydroxylation is 1. The molecule has 2 heterocycles. The molecule has 1 aliphatic rings. The van der Waals surface area contributed by atoms with Crippen LogP contribution in [-0.2, 0) is 22.2 Å². The first-order chi connectivity index (χ1) is 14.2. The Labute approximate surface area is 170 Å². The highest BCUT2D eigenvalue weighted by Crippen LogP contribution is 2.45. The second kappa shape index (κ2) is 8.25. The molecular formula is C21H21F3N2O4. The molecule has 0 aliphatic carbocycles. The number of rotatable bonds is 4. The van der Waals surface area contributed by atoms with Crippen molar-refractivity contribution in [3.8, 4) is 0 Å². The summed E-state index contributed by atoms with van der Waals surface area (Å²) in [5, 5.41) is 2.96. The maximum atomic E-state index is 13.8. The predicted octanol–water partition coefficient (Wildman–Crippen LogP) is 4.85. The average Bonchev–Trinajstić information content (AvgIpc) is 2.70. The summed E-state index contributed by atoms with van der Waals surface area (Å²) in [6, 6.07) is 6.58. The van der Waals surface area contributed by atoms with Gasteiger partial charge in [-0.1, -0.05) is 25.1 Å². The number of ether oxygens (including phenoxy) is 2. The Morgan fingerprint density at radius 1 is 1.23 bits per heavy atom. The van der Waals surface area contributed by atoms with Gasteiger partial charge in [0.25, 0.3) is 5.56 Å². The van der Waals surface area contributed by atoms with Crippen LogP contribution in [0.5, 0.6) is 0 Å². The van der Waals surface area contributed by atoms with E-state index in [1.54, 1.807) is 19.2 Å². The fourth-order valence-electron chi connectivity index (χ4n) is 3.58. The largest absolute Gasteiger partial charge is 0.513 e. The van der Waals surface area contributed by atoms with Crippen LogP contribution in [0.4, 0.5) is 23.7 Å². The summed E-state index contributed by atoms with van der Waals surface area (Å²) in [7, 11) is 1.09. The topological polar surface area (TPSA) is 69.6 Å². The second-order valence-electron chi connectivity index (χ2n) is 6.83. The summed E-state index contributed by atoms with van der Waals surface area (Å²) < 4.78 is 52.6. The van der Waals surface area contributed by atoms with Crippen molar-refractivity contribution in [2.75, 3.05) is 12.4 Å². The number of nitrogens with zero attached hydrogens (tertiary/aromatic N) is 1. The molecular weight excluding hydrogens is 401 g/mol. The number of hydrogen-bond acceptors (Lipinski definition) is 5. The standard InChI is InChI=1S/C21H21F3N2O4/c1-4-10-26-11-9-15-17(19(26)27)16(18(12(2)25-15)30-20(28)29-3)13-7-5-6-8-14(13)21(22,23)24/h5-9,11,16,25H,4,10H2,1-3H3. The van der Waals surface area contributed by atoms with Crippen molar-refractivity contribution >= 4 is 11.8 Å². The van der Waals surface area contributed by atoms with E-state index in [0.29, 0.717) is 24.4 Å². The van der Waals surface area contributed by atoms with Crippen LogP contribution in [-0.4, -0.2) is 17.8 Å². The van der Waals surface area contributed by atoms with Crippen LogP contribution in [0.3, 0.4) is 0 Å². The molecule has 9 heteroatoms. The predicted molar refractivity (Wildman–Crippen MR) is 104 cm³/mol. The van der Waals surface area contributed by atoms with Crippen LogP contribution in [0.15, 0.2) is 52.8 Å². The van der Waals surface area contributed by atoms with E-state index in [0.717, 1.165) is 13.2 Å². The highest BCUT2D eigenvalue weighted by molar-refractivity contribution is 5.68. The number of allylic oxidation sites excluding steroid dienone is 2. The first kappa shape index (κ1) is 21.5. The van der Waals surface area contributed by atoms with Crippen molar-refractivity contribution in [3.63, 3.8) is 0 Å². The molecule has 6 nitrogen and oxygen atoms in total. The summed E-state index contributed by atoms with van der Waals surface area (Å²) in [6.45, 7) is 3.84. The van der Waals surface area contributed by atoms with Gasteiger partial charge in [0.15, 0.2) is 0 Å². The third kappa shape index (κ3) is 3.92. The molecule has 0 spiro atoms. The van der Waals surface area contributed by atoms with E-state index in [-0.39, 0.29) is 16.9 Å². The number of carbonyl (C=O) groups excluding carboxylic acids is 1. The summed E-state index contributed by atoms with van der Waals surface area (Å²) in [5.41, 5.74) is -0.801. The lowest BCUT2D eigenvalue weighted by atomic mass is 9.83. The van der Waals surface area contributed by atoms with E-state index < -0.39 is 29.4 Å². The normalized spacial score (nSPS) is 16.0. The smallest absolute Gasteiger partial charge is 0.437 e. The van der Waals surface area contributed by atoms with Gasteiger partial charge in [-0.15, -0.1) is 0 Å². The van der Waals surface area contributed by atoms with Crippen molar-refractivity contribution in [1.29, 1.82) is 0 Å². The molecule has 0 saturated heterocycles. The molecule has 0 bridgehead atoms. The highest BCUT2D eigenvalue weighted by Gasteiger charge is 2.41. The number of hydrogen-bond donors (Lipinski definition) is 1. The van der Waals surface area contributed by atoms with Crippen molar-refractivity contribution < 1.29 is 27.4 Å². The third-order valence-electron chi connectivity index (χ3n) is 4.85. The second-order valence-corrected chi connectivity index (χ2v) is 6.83. The van der Waals surface area contributed by atoms with Gasteiger partial charge in [0.05, 0.1) is 29.9 Å². The molecule has 0 amide bonds. The molecule has 3 rings (SSSR count). The number of carbonyl (C=O) groups is 1. The first-order valence-corrected chi connectivity index (χ1v) is 9.32. The zero-order valence-electron chi connectivity index (χ0n) is 16.7. The van der Waals surface area contributed by atoms with Crippen LogP contribution >= 0.6 is 0 Å². The van der Waals surface area contributed by atoms with Gasteiger partial charge in [0, 0.05) is 18.4 Å². The SMILES string of the molecule is CCCn1ccc2c(c1=O)C(c1ccccc1C(F)(F)F)C(OC(=O)OC)=C(C)N2. The highest BCUT2D eigenvalue weighted by atomic mass is 19.4. The molecule has 1 aromatic heterocycles. The number of benzene rings is 1. The van der Waals surface area contributed by atoms with Crippen LogP contribution in [0.2, 0.25) is 0 Å². The summed E-state index contributed by atoms with van der Waals surface area (Å²) in [5.74, 6) is -1.35. The van der Waals surface area contributed by atoms with Crippen LogP contribution < -0.4 is 10.9 Å². The number of pyridine rings is 1. The quantitative estimate of drug-likeness (QED) is 0.714. The number of anilines is 1. The van der Waals surface area contributed by atoms with Gasteiger partial charge in [-0.3, -0.25) is 4.79 Å². The number of fused-ring (bicyclic) bond motifs is 1. The van der Waals surface area contributed by atoms with Gasteiger partial charge in [-0.2, -0.15) is 13.2 Å². The average molecular weight is 422 g/mol. The lowest BCUT2D eigenvalue weighted by Crippen LogP contribution is -2.32. The van der Waals surface area contributed by atoms with Crippen molar-refractivity contribution in [2.24, 2.45) is 0 Å². The van der Waals surface area contributed by atoms with Crippen LogP contribution in [0, 0.1) is 0 Å². The lowest BCUT2D eigenvalue weighted by molar-refractivity contribution is -0.138. The minimum atomic E-state index is -4.66. The monoisotopic (exact) mass is 422 g/mol. The van der Waals surface area contributed by atoms with E-state index in [1.807, 2.05) is 6.92 Å². The maximum absolute atomic E-state index is 13.8. The Balaban J connectivity index is 2.33. The molecule has 0 fully saturated rings. The molecule has 0 radical (unpaired) electrons. The molecule has 160 valence electrons. The zero-order valence-corrected chi connectivity index (χ0v) is 16.7. The van der Waals surface area contributed by atoms with E-state index in [1.165, 1.54) is 22.8 Å². The maximum Gasteiger partial charge on any atom is 0.513 e. The van der Waals surface area contributed by atoms with Gasteiger partial charge in [-0.05, 0) is 31.0 Å². The third-order valence-corrected chi connectivity index (χ3v) is 4.85. The fraction of sp³-hybridized carbons (Fsp3) is 0.333. The Kier molecular flexibility index (Phi) is 5.91. The van der Waals surface area contributed by atoms with Crippen LogP contribution in [0.1, 0.15) is 42.9 Å². The van der Waals surface area contributed by atoms with Gasteiger partial charge in [0.2, 0.25) is 0 Å². The number of nitrogens with one attached hydrogen (secondary N) is 1. The molecule has 30 heavy (non-hydrogen) atoms. The summed E-state index contributed by atoms with van der Waals surface area (Å²) in [6.07, 6.45) is -3.50. The number of aromatic nitrogens is 1. The molecule has 1 aliphatic heterocycles. The lowest BCUT2D eigenvalue weighted by Gasteiger charge is -2.31. The molecule has 1 N–H and O–H groups in total.